The molecule has 18 heavy (non-hydrogen) atoms. The summed E-state index contributed by atoms with van der Waals surface area (Å²) in [5.41, 5.74) is 3.00. The molecule has 0 fully saturated rings. The summed E-state index contributed by atoms with van der Waals surface area (Å²) in [6.45, 7) is 8.29. The van der Waals surface area contributed by atoms with Crippen LogP contribution in [0.1, 0.15) is 25.0 Å². The van der Waals surface area contributed by atoms with E-state index in [1.807, 2.05) is 12.1 Å². The van der Waals surface area contributed by atoms with Gasteiger partial charge in [-0.1, -0.05) is 6.07 Å². The predicted octanol–water partition coefficient (Wildman–Crippen LogP) is 2.64. The molecule has 0 aliphatic heterocycles. The summed E-state index contributed by atoms with van der Waals surface area (Å²) in [5.74, 6) is 0. The monoisotopic (exact) mass is 245 g/mol. The van der Waals surface area contributed by atoms with Crippen molar-refractivity contribution in [1.29, 1.82) is 5.26 Å². The summed E-state index contributed by atoms with van der Waals surface area (Å²) in [6, 6.07) is 8.69. The zero-order valence-electron chi connectivity index (χ0n) is 12.1. The fourth-order valence-corrected chi connectivity index (χ4v) is 2.32. The zero-order valence-corrected chi connectivity index (χ0v) is 12.1. The van der Waals surface area contributed by atoms with Gasteiger partial charge in [0.15, 0.2) is 0 Å². The molecule has 0 amide bonds. The summed E-state index contributed by atoms with van der Waals surface area (Å²) in [7, 11) is 4.15. The van der Waals surface area contributed by atoms with Crippen molar-refractivity contribution in [1.82, 2.24) is 4.90 Å². The Morgan fingerprint density at radius 2 is 2.00 bits per heavy atom. The van der Waals surface area contributed by atoms with Gasteiger partial charge in [-0.05, 0) is 52.6 Å². The average Bonchev–Trinajstić information content (AvgIpc) is 2.29. The molecule has 0 aromatic heterocycles. The third-order valence-electron chi connectivity index (χ3n) is 3.09. The van der Waals surface area contributed by atoms with Crippen molar-refractivity contribution in [3.05, 3.63) is 29.3 Å². The van der Waals surface area contributed by atoms with Crippen LogP contribution < -0.4 is 4.90 Å². The van der Waals surface area contributed by atoms with Gasteiger partial charge in [-0.15, -0.1) is 0 Å². The molecule has 0 radical (unpaired) electrons. The normalized spacial score (nSPS) is 12.3. The van der Waals surface area contributed by atoms with Gasteiger partial charge in [0.05, 0.1) is 11.3 Å². The fourth-order valence-electron chi connectivity index (χ4n) is 2.32. The average molecular weight is 245 g/mol. The molecule has 0 N–H and O–H groups in total. The Hall–Kier alpha value is -1.53. The van der Waals surface area contributed by atoms with Crippen LogP contribution in [0.25, 0.3) is 0 Å². The largest absolute Gasteiger partial charge is 0.367 e. The van der Waals surface area contributed by atoms with E-state index in [2.05, 4.69) is 56.8 Å². The van der Waals surface area contributed by atoms with Gasteiger partial charge in [0.25, 0.3) is 0 Å². The topological polar surface area (TPSA) is 30.3 Å². The summed E-state index contributed by atoms with van der Waals surface area (Å²) < 4.78 is 0. The quantitative estimate of drug-likeness (QED) is 0.799. The minimum atomic E-state index is 0.388. The Balaban J connectivity index is 3.08. The Morgan fingerprint density at radius 1 is 1.33 bits per heavy atom. The third kappa shape index (κ3) is 3.48. The van der Waals surface area contributed by atoms with E-state index in [-0.39, 0.29) is 0 Å². The van der Waals surface area contributed by atoms with E-state index in [1.54, 1.807) is 0 Å². The highest BCUT2D eigenvalue weighted by Gasteiger charge is 2.16. The number of benzene rings is 1. The molecule has 1 rings (SSSR count). The molecule has 0 spiro atoms. The Kier molecular flexibility index (Phi) is 5.18. The predicted molar refractivity (Wildman–Crippen MR) is 76.9 cm³/mol. The molecule has 1 aromatic rings. The van der Waals surface area contributed by atoms with Crippen molar-refractivity contribution in [3.8, 4) is 6.07 Å². The lowest BCUT2D eigenvalue weighted by atomic mass is 10.1. The standard InChI is InChI=1S/C15H23N3/c1-6-18(13(3)11-17(4)5)15-9-12(2)7-8-14(15)10-16/h7-9,13H,6,11H2,1-5H3. The van der Waals surface area contributed by atoms with E-state index in [1.165, 1.54) is 5.56 Å². The van der Waals surface area contributed by atoms with Gasteiger partial charge in [-0.3, -0.25) is 0 Å². The van der Waals surface area contributed by atoms with E-state index < -0.39 is 0 Å². The molecule has 0 aliphatic carbocycles. The number of rotatable bonds is 5. The van der Waals surface area contributed by atoms with Crippen LogP contribution in [0.5, 0.6) is 0 Å². The number of hydrogen-bond acceptors (Lipinski definition) is 3. The van der Waals surface area contributed by atoms with Crippen molar-refractivity contribution in [2.45, 2.75) is 26.8 Å². The third-order valence-corrected chi connectivity index (χ3v) is 3.09. The molecule has 3 nitrogen and oxygen atoms in total. The van der Waals surface area contributed by atoms with E-state index in [0.717, 1.165) is 24.3 Å². The van der Waals surface area contributed by atoms with Gasteiger partial charge in [0.1, 0.15) is 6.07 Å². The lowest BCUT2D eigenvalue weighted by Crippen LogP contribution is -2.40. The van der Waals surface area contributed by atoms with Gasteiger partial charge in [0.2, 0.25) is 0 Å². The van der Waals surface area contributed by atoms with E-state index in [9.17, 15) is 5.26 Å². The molecule has 0 bridgehead atoms. The maximum atomic E-state index is 9.23. The van der Waals surface area contributed by atoms with Crippen LogP contribution in [0, 0.1) is 18.3 Å². The summed E-state index contributed by atoms with van der Waals surface area (Å²) in [5, 5.41) is 9.23. The summed E-state index contributed by atoms with van der Waals surface area (Å²) in [4.78, 5) is 4.47. The van der Waals surface area contributed by atoms with E-state index in [4.69, 9.17) is 0 Å². The van der Waals surface area contributed by atoms with E-state index in [0.29, 0.717) is 6.04 Å². The highest BCUT2D eigenvalue weighted by Crippen LogP contribution is 2.23. The second kappa shape index (κ2) is 6.42. The molecular weight excluding hydrogens is 222 g/mol. The molecule has 1 aromatic carbocycles. The van der Waals surface area contributed by atoms with Gasteiger partial charge >= 0.3 is 0 Å². The lowest BCUT2D eigenvalue weighted by molar-refractivity contribution is 0.373. The number of aryl methyl sites for hydroxylation is 1. The van der Waals surface area contributed by atoms with Crippen LogP contribution in [-0.2, 0) is 0 Å². The first kappa shape index (κ1) is 14.5. The molecule has 0 saturated heterocycles. The number of likely N-dealkylation sites (N-methyl/N-ethyl adjacent to an activating group) is 2. The van der Waals surface area contributed by atoms with Crippen LogP contribution >= 0.6 is 0 Å². The van der Waals surface area contributed by atoms with Crippen molar-refractivity contribution in [2.24, 2.45) is 0 Å². The van der Waals surface area contributed by atoms with Gasteiger partial charge < -0.3 is 9.80 Å². The van der Waals surface area contributed by atoms with Crippen LogP contribution in [0.15, 0.2) is 18.2 Å². The van der Waals surface area contributed by atoms with Crippen molar-refractivity contribution in [3.63, 3.8) is 0 Å². The first-order chi connectivity index (χ1) is 8.49. The smallest absolute Gasteiger partial charge is 0.101 e. The molecule has 0 saturated carbocycles. The molecule has 1 unspecified atom stereocenters. The number of anilines is 1. The van der Waals surface area contributed by atoms with Gasteiger partial charge in [-0.2, -0.15) is 5.26 Å². The number of hydrogen-bond donors (Lipinski definition) is 0. The Labute approximate surface area is 111 Å². The highest BCUT2D eigenvalue weighted by atomic mass is 15.2. The summed E-state index contributed by atoms with van der Waals surface area (Å²) >= 11 is 0. The minimum absolute atomic E-state index is 0.388. The summed E-state index contributed by atoms with van der Waals surface area (Å²) in [6.07, 6.45) is 0. The Bertz CT molecular complexity index is 432. The first-order valence-electron chi connectivity index (χ1n) is 6.41. The number of nitrogens with zero attached hydrogens (tertiary/aromatic N) is 3. The van der Waals surface area contributed by atoms with Gasteiger partial charge in [0, 0.05) is 19.1 Å². The molecular formula is C15H23N3. The zero-order chi connectivity index (χ0) is 13.7. The molecule has 98 valence electrons. The minimum Gasteiger partial charge on any atom is -0.367 e. The van der Waals surface area contributed by atoms with E-state index >= 15 is 0 Å². The molecule has 0 aliphatic rings. The Morgan fingerprint density at radius 3 is 2.50 bits per heavy atom. The van der Waals surface area contributed by atoms with Crippen molar-refractivity contribution < 1.29 is 0 Å². The SMILES string of the molecule is CCN(c1cc(C)ccc1C#N)C(C)CN(C)C. The number of nitriles is 1. The lowest BCUT2D eigenvalue weighted by Gasteiger charge is -2.32. The van der Waals surface area contributed by atoms with Crippen LogP contribution in [0.3, 0.4) is 0 Å². The molecule has 3 heteroatoms. The molecule has 0 heterocycles. The second-order valence-corrected chi connectivity index (χ2v) is 5.03. The van der Waals surface area contributed by atoms with Gasteiger partial charge in [-0.25, -0.2) is 0 Å². The second-order valence-electron chi connectivity index (χ2n) is 5.03. The van der Waals surface area contributed by atoms with Crippen LogP contribution in [0.2, 0.25) is 0 Å². The maximum Gasteiger partial charge on any atom is 0.101 e. The molecule has 1 atom stereocenters. The van der Waals surface area contributed by atoms with Crippen molar-refractivity contribution >= 4 is 5.69 Å². The van der Waals surface area contributed by atoms with Crippen molar-refractivity contribution in [2.75, 3.05) is 32.1 Å². The maximum absolute atomic E-state index is 9.23. The first-order valence-corrected chi connectivity index (χ1v) is 6.41. The van der Waals surface area contributed by atoms with Crippen LogP contribution in [-0.4, -0.2) is 38.1 Å². The van der Waals surface area contributed by atoms with Crippen LogP contribution in [0.4, 0.5) is 5.69 Å². The fraction of sp³-hybridized carbons (Fsp3) is 0.533. The highest BCUT2D eigenvalue weighted by molar-refractivity contribution is 5.61.